The summed E-state index contributed by atoms with van der Waals surface area (Å²) in [6, 6.07) is -4.15. The van der Waals surface area contributed by atoms with Crippen LogP contribution in [0.1, 0.15) is 32.6 Å². The molecule has 0 heterocycles. The standard InChI is InChI=1S/C17H32N8O7/c1-8(26)13(15(30)24-10(16(31)32)4-5-11(19)27)25-14(29)9(23-12(28)7-18)3-2-6-22-17(20)21/h8-10,13,26H,2-7,18H2,1H3,(H2,19,27)(H,23,28)(H,24,30)(H,25,29)(H,31,32)(H4,20,21,22). The number of carboxylic acids is 1. The number of carboxylic acid groups (broad SMARTS) is 1. The molecule has 0 spiro atoms. The quantitative estimate of drug-likeness (QED) is 0.0638. The summed E-state index contributed by atoms with van der Waals surface area (Å²) in [5.41, 5.74) is 20.7. The molecule has 15 nitrogen and oxygen atoms in total. The van der Waals surface area contributed by atoms with Crippen LogP contribution in [0.2, 0.25) is 0 Å². The third-order valence-corrected chi connectivity index (χ3v) is 4.14. The van der Waals surface area contributed by atoms with Gasteiger partial charge in [-0.3, -0.25) is 24.2 Å². The van der Waals surface area contributed by atoms with E-state index in [1.165, 1.54) is 6.92 Å². The van der Waals surface area contributed by atoms with Gasteiger partial charge in [0.15, 0.2) is 5.96 Å². The van der Waals surface area contributed by atoms with Crippen molar-refractivity contribution in [2.75, 3.05) is 13.1 Å². The van der Waals surface area contributed by atoms with Crippen molar-refractivity contribution in [2.45, 2.75) is 56.8 Å². The zero-order valence-corrected chi connectivity index (χ0v) is 17.7. The van der Waals surface area contributed by atoms with Crippen molar-refractivity contribution < 1.29 is 34.2 Å². The Bertz CT molecular complexity index is 709. The summed E-state index contributed by atoms with van der Waals surface area (Å²) >= 11 is 0. The zero-order chi connectivity index (χ0) is 24.8. The van der Waals surface area contributed by atoms with Crippen molar-refractivity contribution in [3.05, 3.63) is 0 Å². The molecule has 0 saturated carbocycles. The molecule has 32 heavy (non-hydrogen) atoms. The first-order valence-corrected chi connectivity index (χ1v) is 9.73. The van der Waals surface area contributed by atoms with E-state index in [0.29, 0.717) is 6.42 Å². The number of hydrogen-bond acceptors (Lipinski definition) is 8. The summed E-state index contributed by atoms with van der Waals surface area (Å²) in [4.78, 5) is 62.8. The summed E-state index contributed by atoms with van der Waals surface area (Å²) in [5, 5.41) is 25.9. The molecule has 182 valence electrons. The Morgan fingerprint density at radius 2 is 1.56 bits per heavy atom. The number of primary amides is 1. The Balaban J connectivity index is 5.30. The molecule has 13 N–H and O–H groups in total. The van der Waals surface area contributed by atoms with Gasteiger partial charge in [-0.1, -0.05) is 0 Å². The molecule has 4 atom stereocenters. The molecule has 15 heteroatoms. The molecular weight excluding hydrogens is 428 g/mol. The predicted octanol–water partition coefficient (Wildman–Crippen LogP) is -4.82. The fraction of sp³-hybridized carbons (Fsp3) is 0.647. The summed E-state index contributed by atoms with van der Waals surface area (Å²) in [5.74, 6) is -4.79. The van der Waals surface area contributed by atoms with Gasteiger partial charge in [0, 0.05) is 13.0 Å². The predicted molar refractivity (Wildman–Crippen MR) is 113 cm³/mol. The number of aliphatic hydroxyl groups excluding tert-OH is 1. The van der Waals surface area contributed by atoms with Crippen molar-refractivity contribution in [1.29, 1.82) is 0 Å². The van der Waals surface area contributed by atoms with Crippen LogP contribution in [0.5, 0.6) is 0 Å². The Hall–Kier alpha value is -3.46. The highest BCUT2D eigenvalue weighted by atomic mass is 16.4. The Morgan fingerprint density at radius 3 is 2.03 bits per heavy atom. The number of amides is 4. The molecule has 0 aliphatic carbocycles. The molecule has 0 bridgehead atoms. The van der Waals surface area contributed by atoms with Gasteiger partial charge < -0.3 is 49.1 Å². The first-order valence-electron chi connectivity index (χ1n) is 9.73. The SMILES string of the molecule is CC(O)C(NC(=O)C(CCCN=C(N)N)NC(=O)CN)C(=O)NC(CCC(N)=O)C(=O)O. The van der Waals surface area contributed by atoms with Crippen molar-refractivity contribution >= 4 is 35.6 Å². The summed E-state index contributed by atoms with van der Waals surface area (Å²) in [6.45, 7) is 0.985. The highest BCUT2D eigenvalue weighted by Crippen LogP contribution is 2.04. The lowest BCUT2D eigenvalue weighted by Crippen LogP contribution is -2.59. The smallest absolute Gasteiger partial charge is 0.326 e. The van der Waals surface area contributed by atoms with Gasteiger partial charge in [-0.2, -0.15) is 0 Å². The maximum absolute atomic E-state index is 12.7. The fourth-order valence-corrected chi connectivity index (χ4v) is 2.49. The van der Waals surface area contributed by atoms with Gasteiger partial charge in [-0.15, -0.1) is 0 Å². The number of guanidine groups is 1. The largest absolute Gasteiger partial charge is 0.480 e. The van der Waals surface area contributed by atoms with Crippen LogP contribution in [-0.4, -0.2) is 83.1 Å². The molecule has 0 aromatic carbocycles. The van der Waals surface area contributed by atoms with E-state index in [4.69, 9.17) is 22.9 Å². The highest BCUT2D eigenvalue weighted by Gasteiger charge is 2.32. The van der Waals surface area contributed by atoms with Crippen molar-refractivity contribution in [1.82, 2.24) is 16.0 Å². The molecule has 0 rings (SSSR count). The Labute approximate surface area is 184 Å². The van der Waals surface area contributed by atoms with Gasteiger partial charge >= 0.3 is 5.97 Å². The number of carbonyl (C=O) groups excluding carboxylic acids is 4. The average molecular weight is 460 g/mol. The van der Waals surface area contributed by atoms with Crippen LogP contribution in [0.4, 0.5) is 0 Å². The van der Waals surface area contributed by atoms with Crippen LogP contribution >= 0.6 is 0 Å². The minimum absolute atomic E-state index is 0.0822. The number of aliphatic carboxylic acids is 1. The van der Waals surface area contributed by atoms with E-state index in [2.05, 4.69) is 20.9 Å². The zero-order valence-electron chi connectivity index (χ0n) is 17.7. The van der Waals surface area contributed by atoms with Gasteiger partial charge in [0.05, 0.1) is 12.6 Å². The van der Waals surface area contributed by atoms with Crippen molar-refractivity contribution in [3.63, 3.8) is 0 Å². The molecule has 4 unspecified atom stereocenters. The highest BCUT2D eigenvalue weighted by molar-refractivity contribution is 5.94. The monoisotopic (exact) mass is 460 g/mol. The number of nitrogens with one attached hydrogen (secondary N) is 3. The van der Waals surface area contributed by atoms with Gasteiger partial charge in [-0.25, -0.2) is 4.79 Å². The molecule has 0 aromatic heterocycles. The van der Waals surface area contributed by atoms with E-state index in [9.17, 15) is 34.2 Å². The van der Waals surface area contributed by atoms with E-state index in [-0.39, 0.29) is 31.8 Å². The molecule has 0 radical (unpaired) electrons. The molecular formula is C17H32N8O7. The van der Waals surface area contributed by atoms with E-state index in [1.54, 1.807) is 0 Å². The van der Waals surface area contributed by atoms with E-state index in [1.807, 2.05) is 0 Å². The second kappa shape index (κ2) is 14.5. The first-order chi connectivity index (χ1) is 14.9. The molecule has 0 aromatic rings. The summed E-state index contributed by atoms with van der Waals surface area (Å²) in [6.07, 6.45) is -1.63. The molecule has 0 aliphatic heterocycles. The number of carbonyl (C=O) groups is 5. The van der Waals surface area contributed by atoms with Crippen molar-refractivity contribution in [3.8, 4) is 0 Å². The van der Waals surface area contributed by atoms with Crippen LogP contribution in [0.3, 0.4) is 0 Å². The second-order valence-corrected chi connectivity index (χ2v) is 6.90. The van der Waals surface area contributed by atoms with Crippen molar-refractivity contribution in [2.24, 2.45) is 27.9 Å². The molecule has 0 fully saturated rings. The maximum atomic E-state index is 12.7. The summed E-state index contributed by atoms with van der Waals surface area (Å²) < 4.78 is 0. The molecule has 0 aliphatic rings. The number of nitrogens with zero attached hydrogens (tertiary/aromatic N) is 1. The molecule has 4 amide bonds. The number of hydrogen-bond donors (Lipinski definition) is 9. The average Bonchev–Trinajstić information content (AvgIpc) is 2.69. The second-order valence-electron chi connectivity index (χ2n) is 6.90. The number of nitrogens with two attached hydrogens (primary N) is 4. The maximum Gasteiger partial charge on any atom is 0.326 e. The van der Waals surface area contributed by atoms with E-state index >= 15 is 0 Å². The van der Waals surface area contributed by atoms with Gasteiger partial charge in [0.25, 0.3) is 0 Å². The van der Waals surface area contributed by atoms with E-state index < -0.39 is 60.4 Å². The minimum Gasteiger partial charge on any atom is -0.480 e. The topological polar surface area (TPSA) is 278 Å². The lowest BCUT2D eigenvalue weighted by atomic mass is 10.1. The summed E-state index contributed by atoms with van der Waals surface area (Å²) in [7, 11) is 0. The van der Waals surface area contributed by atoms with Crippen LogP contribution in [0.25, 0.3) is 0 Å². The number of aliphatic imine (C=N–C) groups is 1. The number of rotatable bonds is 15. The fourth-order valence-electron chi connectivity index (χ4n) is 2.49. The van der Waals surface area contributed by atoms with Gasteiger partial charge in [0.2, 0.25) is 23.6 Å². The van der Waals surface area contributed by atoms with Gasteiger partial charge in [0.1, 0.15) is 18.1 Å². The van der Waals surface area contributed by atoms with Crippen LogP contribution < -0.4 is 38.9 Å². The Morgan fingerprint density at radius 1 is 0.938 bits per heavy atom. The van der Waals surface area contributed by atoms with Crippen LogP contribution in [0, 0.1) is 0 Å². The Kier molecular flexibility index (Phi) is 13.0. The minimum atomic E-state index is -1.55. The lowest BCUT2D eigenvalue weighted by molar-refractivity contribution is -0.143. The molecule has 0 saturated heterocycles. The third-order valence-electron chi connectivity index (χ3n) is 4.14. The van der Waals surface area contributed by atoms with Crippen LogP contribution in [-0.2, 0) is 24.0 Å². The third kappa shape index (κ3) is 11.7. The normalized spacial score (nSPS) is 14.2. The number of aliphatic hydroxyl groups is 1. The van der Waals surface area contributed by atoms with Gasteiger partial charge in [-0.05, 0) is 26.2 Å². The van der Waals surface area contributed by atoms with E-state index in [0.717, 1.165) is 0 Å². The van der Waals surface area contributed by atoms with Crippen LogP contribution in [0.15, 0.2) is 4.99 Å². The first kappa shape index (κ1) is 28.5. The lowest BCUT2D eigenvalue weighted by Gasteiger charge is -2.26.